The number of ether oxygens (including phenoxy) is 1. The van der Waals surface area contributed by atoms with Crippen molar-refractivity contribution < 1.29 is 13.9 Å². The number of aryl methyl sites for hydroxylation is 2. The molecule has 4 nitrogen and oxygen atoms in total. The van der Waals surface area contributed by atoms with E-state index in [-0.39, 0.29) is 11.7 Å². The number of hydrogen-bond acceptors (Lipinski definition) is 4. The largest absolute Gasteiger partial charge is 0.496 e. The molecule has 2 heterocycles. The summed E-state index contributed by atoms with van der Waals surface area (Å²) >= 11 is 0. The number of nitrogens with zero attached hydrogens (tertiary/aromatic N) is 1. The topological polar surface area (TPSA) is 42.7 Å². The third kappa shape index (κ3) is 3.54. The summed E-state index contributed by atoms with van der Waals surface area (Å²) in [5.41, 5.74) is 2.84. The van der Waals surface area contributed by atoms with Crippen LogP contribution in [0.3, 0.4) is 0 Å². The first-order chi connectivity index (χ1) is 11.6. The zero-order chi connectivity index (χ0) is 17.1. The lowest BCUT2D eigenvalue weighted by Crippen LogP contribution is -2.38. The number of carbonyl (C=O) groups excluding carboxylic acids is 1. The van der Waals surface area contributed by atoms with Crippen LogP contribution in [0.25, 0.3) is 0 Å². The van der Waals surface area contributed by atoms with Gasteiger partial charge in [-0.25, -0.2) is 0 Å². The van der Waals surface area contributed by atoms with Crippen molar-refractivity contribution in [2.45, 2.75) is 33.2 Å². The second-order valence-electron chi connectivity index (χ2n) is 6.66. The van der Waals surface area contributed by atoms with E-state index in [1.54, 1.807) is 13.4 Å². The zero-order valence-electron chi connectivity index (χ0n) is 14.7. The molecule has 128 valence electrons. The van der Waals surface area contributed by atoms with Gasteiger partial charge in [0.15, 0.2) is 5.78 Å². The first-order valence-electron chi connectivity index (χ1n) is 8.52. The summed E-state index contributed by atoms with van der Waals surface area (Å²) in [5, 5.41) is 0. The second-order valence-corrected chi connectivity index (χ2v) is 6.66. The molecule has 0 amide bonds. The number of carbonyl (C=O) groups is 1. The molecule has 0 N–H and O–H groups in total. The van der Waals surface area contributed by atoms with Gasteiger partial charge in [-0.1, -0.05) is 0 Å². The second kappa shape index (κ2) is 7.22. The minimum atomic E-state index is 0.0564. The lowest BCUT2D eigenvalue weighted by atomic mass is 9.88. The number of benzene rings is 1. The lowest BCUT2D eigenvalue weighted by molar-refractivity contribution is 0.0802. The lowest BCUT2D eigenvalue weighted by Gasteiger charge is -2.31. The summed E-state index contributed by atoms with van der Waals surface area (Å²) in [4.78, 5) is 15.3. The highest BCUT2D eigenvalue weighted by Gasteiger charge is 2.27. The summed E-state index contributed by atoms with van der Waals surface area (Å²) in [6, 6.07) is 7.81. The van der Waals surface area contributed by atoms with Crippen molar-refractivity contribution in [1.29, 1.82) is 0 Å². The van der Waals surface area contributed by atoms with E-state index in [9.17, 15) is 4.79 Å². The zero-order valence-corrected chi connectivity index (χ0v) is 14.7. The molecule has 0 aliphatic carbocycles. The van der Waals surface area contributed by atoms with E-state index >= 15 is 0 Å². The Morgan fingerprint density at radius 3 is 2.71 bits per heavy atom. The first kappa shape index (κ1) is 16.8. The van der Waals surface area contributed by atoms with Crippen molar-refractivity contribution in [1.82, 2.24) is 4.90 Å². The number of Topliss-reactive ketones (excluding diaryl/α,β-unsaturated/α-hetero) is 1. The van der Waals surface area contributed by atoms with Gasteiger partial charge in [0.05, 0.1) is 19.9 Å². The third-order valence-corrected chi connectivity index (χ3v) is 4.78. The van der Waals surface area contributed by atoms with E-state index in [2.05, 4.69) is 4.90 Å². The average Bonchev–Trinajstić information content (AvgIpc) is 3.07. The van der Waals surface area contributed by atoms with Crippen LogP contribution in [0.1, 0.15) is 40.1 Å². The van der Waals surface area contributed by atoms with Crippen LogP contribution in [0.4, 0.5) is 0 Å². The molecular weight excluding hydrogens is 302 g/mol. The molecule has 0 saturated carbocycles. The van der Waals surface area contributed by atoms with Gasteiger partial charge in [0.25, 0.3) is 0 Å². The molecule has 4 heteroatoms. The standard InChI is InChI=1S/C20H25NO3/c1-14-10-17(11-15(2)20(14)23-3)19(22)16-6-4-8-21(12-16)13-18-7-5-9-24-18/h5,7,9-11,16H,4,6,8,12-13H2,1-3H3/t16-/m1/s1. The fraction of sp³-hybridized carbons (Fsp3) is 0.450. The van der Waals surface area contributed by atoms with Crippen molar-refractivity contribution in [3.8, 4) is 5.75 Å². The van der Waals surface area contributed by atoms with Crippen LogP contribution in [0.15, 0.2) is 34.9 Å². The van der Waals surface area contributed by atoms with E-state index in [0.717, 1.165) is 60.7 Å². The molecule has 1 fully saturated rings. The number of piperidine rings is 1. The minimum Gasteiger partial charge on any atom is -0.496 e. The first-order valence-corrected chi connectivity index (χ1v) is 8.52. The molecular formula is C20H25NO3. The van der Waals surface area contributed by atoms with Gasteiger partial charge >= 0.3 is 0 Å². The Morgan fingerprint density at radius 2 is 2.08 bits per heavy atom. The van der Waals surface area contributed by atoms with Gasteiger partial charge < -0.3 is 9.15 Å². The van der Waals surface area contributed by atoms with Gasteiger partial charge in [-0.3, -0.25) is 9.69 Å². The van der Waals surface area contributed by atoms with Gasteiger partial charge in [0.1, 0.15) is 11.5 Å². The van der Waals surface area contributed by atoms with Gasteiger partial charge in [0, 0.05) is 18.0 Å². The predicted octanol–water partition coefficient (Wildman–Crippen LogP) is 4.00. The molecule has 2 aromatic rings. The molecule has 24 heavy (non-hydrogen) atoms. The molecule has 3 rings (SSSR count). The quantitative estimate of drug-likeness (QED) is 0.779. The molecule has 1 atom stereocenters. The maximum atomic E-state index is 13.0. The summed E-state index contributed by atoms with van der Waals surface area (Å²) in [5.74, 6) is 2.13. The summed E-state index contributed by atoms with van der Waals surface area (Å²) in [6.07, 6.45) is 3.70. The van der Waals surface area contributed by atoms with Crippen LogP contribution in [0.2, 0.25) is 0 Å². The van der Waals surface area contributed by atoms with Crippen molar-refractivity contribution in [3.63, 3.8) is 0 Å². The molecule has 1 saturated heterocycles. The summed E-state index contributed by atoms with van der Waals surface area (Å²) < 4.78 is 10.8. The van der Waals surface area contributed by atoms with Crippen LogP contribution in [0, 0.1) is 19.8 Å². The van der Waals surface area contributed by atoms with E-state index in [4.69, 9.17) is 9.15 Å². The van der Waals surface area contributed by atoms with Crippen molar-refractivity contribution in [2.75, 3.05) is 20.2 Å². The Morgan fingerprint density at radius 1 is 1.33 bits per heavy atom. The predicted molar refractivity (Wildman–Crippen MR) is 93.5 cm³/mol. The molecule has 1 aromatic carbocycles. The summed E-state index contributed by atoms with van der Waals surface area (Å²) in [6.45, 7) is 6.58. The maximum Gasteiger partial charge on any atom is 0.167 e. The number of ketones is 1. The Balaban J connectivity index is 1.72. The molecule has 0 radical (unpaired) electrons. The van der Waals surface area contributed by atoms with Crippen LogP contribution < -0.4 is 4.74 Å². The van der Waals surface area contributed by atoms with Crippen molar-refractivity contribution in [2.24, 2.45) is 5.92 Å². The normalized spacial score (nSPS) is 18.5. The number of methoxy groups -OCH3 is 1. The Bertz CT molecular complexity index is 683. The Kier molecular flexibility index (Phi) is 5.05. The maximum absolute atomic E-state index is 13.0. The van der Waals surface area contributed by atoms with Gasteiger partial charge in [-0.05, 0) is 68.6 Å². The molecule has 0 spiro atoms. The fourth-order valence-corrected chi connectivity index (χ4v) is 3.69. The summed E-state index contributed by atoms with van der Waals surface area (Å²) in [7, 11) is 1.67. The van der Waals surface area contributed by atoms with Crippen LogP contribution in [-0.2, 0) is 6.54 Å². The molecule has 1 aliphatic heterocycles. The highest BCUT2D eigenvalue weighted by molar-refractivity contribution is 5.98. The van der Waals surface area contributed by atoms with E-state index in [0.29, 0.717) is 0 Å². The van der Waals surface area contributed by atoms with E-state index < -0.39 is 0 Å². The van der Waals surface area contributed by atoms with E-state index in [1.807, 2.05) is 38.1 Å². The van der Waals surface area contributed by atoms with Crippen LogP contribution in [-0.4, -0.2) is 30.9 Å². The smallest absolute Gasteiger partial charge is 0.167 e. The number of rotatable bonds is 5. The highest BCUT2D eigenvalue weighted by Crippen LogP contribution is 2.28. The number of likely N-dealkylation sites (tertiary alicyclic amines) is 1. The van der Waals surface area contributed by atoms with Crippen molar-refractivity contribution >= 4 is 5.78 Å². The monoisotopic (exact) mass is 327 g/mol. The third-order valence-electron chi connectivity index (χ3n) is 4.78. The molecule has 0 bridgehead atoms. The van der Waals surface area contributed by atoms with Crippen molar-refractivity contribution in [3.05, 3.63) is 53.0 Å². The number of furan rings is 1. The SMILES string of the molecule is COc1c(C)cc(C(=O)[C@@H]2CCCN(Cc3ccco3)C2)cc1C. The highest BCUT2D eigenvalue weighted by atomic mass is 16.5. The van der Waals surface area contributed by atoms with Gasteiger partial charge in [-0.15, -0.1) is 0 Å². The van der Waals surface area contributed by atoms with Gasteiger partial charge in [0.2, 0.25) is 0 Å². The van der Waals surface area contributed by atoms with Gasteiger partial charge in [-0.2, -0.15) is 0 Å². The Hall–Kier alpha value is -2.07. The molecule has 1 aromatic heterocycles. The fourth-order valence-electron chi connectivity index (χ4n) is 3.69. The average molecular weight is 327 g/mol. The Labute approximate surface area is 143 Å². The van der Waals surface area contributed by atoms with Crippen LogP contribution in [0.5, 0.6) is 5.75 Å². The minimum absolute atomic E-state index is 0.0564. The molecule has 1 aliphatic rings. The van der Waals surface area contributed by atoms with Crippen LogP contribution >= 0.6 is 0 Å². The van der Waals surface area contributed by atoms with E-state index in [1.165, 1.54) is 0 Å². The number of hydrogen-bond donors (Lipinski definition) is 0. The molecule has 0 unspecified atom stereocenters.